The number of allylic oxidation sites excluding steroid dienone is 6. The number of aldehydes is 1. The number of hydrogen-bond donors (Lipinski definition) is 7. The molecule has 8 bridgehead atoms. The number of aromatic nitrogens is 9. The van der Waals surface area contributed by atoms with Gasteiger partial charge in [-0.2, -0.15) is 0 Å². The number of nitrogens with zero attached hydrogens (tertiary/aromatic N) is 5. The van der Waals surface area contributed by atoms with Gasteiger partial charge in [0.1, 0.15) is 6.29 Å². The lowest BCUT2D eigenvalue weighted by Gasteiger charge is -2.21. The van der Waals surface area contributed by atoms with Gasteiger partial charge < -0.3 is 34.9 Å². The number of H-pyrrole nitrogens is 7. The lowest BCUT2D eigenvalue weighted by atomic mass is 9.85. The molecule has 0 saturated heterocycles. The number of carbonyl (C=O) groups is 1. The Labute approximate surface area is 676 Å². The molecule has 0 amide bonds. The third-order valence-electron chi connectivity index (χ3n) is 21.8. The van der Waals surface area contributed by atoms with Gasteiger partial charge in [0.15, 0.2) is 0 Å². The van der Waals surface area contributed by atoms with E-state index in [9.17, 15) is 4.79 Å². The van der Waals surface area contributed by atoms with Crippen LogP contribution >= 0.6 is 0 Å². The maximum atomic E-state index is 10.7. The van der Waals surface area contributed by atoms with Gasteiger partial charge in [0, 0.05) is 145 Å². The number of hydrogen-bond acceptors (Lipinski definition) is 6. The molecule has 5 aliphatic heterocycles. The number of benzene rings is 6. The average Bonchev–Trinajstić information content (AvgIpc) is 1.59. The van der Waals surface area contributed by atoms with Gasteiger partial charge in [0.25, 0.3) is 0 Å². The summed E-state index contributed by atoms with van der Waals surface area (Å²) in [5.74, 6) is 0.237. The highest BCUT2D eigenvalue weighted by Crippen LogP contribution is 2.44. The average molecular weight is 1510 g/mol. The normalized spacial score (nSPS) is 14.2. The first-order valence-electron chi connectivity index (χ1n) is 38.9. The Kier molecular flexibility index (Phi) is 21.2. The molecule has 13 heteroatoms. The van der Waals surface area contributed by atoms with E-state index in [-0.39, 0.29) is 13.3 Å². The number of fused-ring (bicyclic) bond motifs is 8. The number of rotatable bonds is 14. The molecule has 0 saturated carbocycles. The Morgan fingerprint density at radius 1 is 0.328 bits per heavy atom. The van der Waals surface area contributed by atoms with Crippen molar-refractivity contribution in [1.29, 1.82) is 0 Å². The quantitative estimate of drug-likeness (QED) is 0.0534. The van der Waals surface area contributed by atoms with Crippen LogP contribution in [0.4, 0.5) is 0 Å². The van der Waals surface area contributed by atoms with Crippen LogP contribution in [0.15, 0.2) is 294 Å². The van der Waals surface area contributed by atoms with Crippen molar-refractivity contribution >= 4 is 88.0 Å². The monoisotopic (exact) mass is 1510 g/mol. The van der Waals surface area contributed by atoms with Crippen molar-refractivity contribution in [2.24, 2.45) is 15.0 Å². The van der Waals surface area contributed by atoms with E-state index in [1.807, 2.05) is 116 Å². The molecule has 568 valence electrons. The molecule has 13 nitrogen and oxygen atoms in total. The van der Waals surface area contributed by atoms with Crippen LogP contribution in [0.1, 0.15) is 147 Å². The fourth-order valence-corrected chi connectivity index (χ4v) is 17.1. The van der Waals surface area contributed by atoms with E-state index >= 15 is 0 Å². The van der Waals surface area contributed by atoms with E-state index in [1.54, 1.807) is 6.21 Å². The molecule has 0 spiro atoms. The number of aryl methyl sites for hydroxylation is 9. The summed E-state index contributed by atoms with van der Waals surface area (Å²) in [6, 6.07) is 68.3. The van der Waals surface area contributed by atoms with Crippen LogP contribution in [0.3, 0.4) is 0 Å². The molecule has 7 N–H and O–H groups in total. The zero-order valence-electron chi connectivity index (χ0n) is 65.7. The third-order valence-corrected chi connectivity index (χ3v) is 21.8. The summed E-state index contributed by atoms with van der Waals surface area (Å²) in [6.45, 7) is 19.7. The van der Waals surface area contributed by atoms with Crippen molar-refractivity contribution in [1.82, 2.24) is 44.9 Å². The van der Waals surface area contributed by atoms with Crippen molar-refractivity contribution in [2.75, 3.05) is 0 Å². The molecule has 116 heavy (non-hydrogen) atoms. The van der Waals surface area contributed by atoms with Crippen molar-refractivity contribution in [3.63, 3.8) is 0 Å². The number of nitrogens with one attached hydrogen (secondary N) is 7. The zero-order valence-corrected chi connectivity index (χ0v) is 65.7. The van der Waals surface area contributed by atoms with Crippen molar-refractivity contribution in [2.45, 2.75) is 75.7 Å². The van der Waals surface area contributed by atoms with Crippen LogP contribution in [-0.2, 0) is 0 Å². The largest absolute Gasteiger partial charge is 0.364 e. The summed E-state index contributed by atoms with van der Waals surface area (Å²) in [7, 11) is 0. The smallest absolute Gasteiger partial charge is 0.150 e. The minimum Gasteiger partial charge on any atom is -0.364 e. The minimum absolute atomic E-state index is 0. The zero-order chi connectivity index (χ0) is 78.8. The van der Waals surface area contributed by atoms with Gasteiger partial charge in [-0.1, -0.05) is 133 Å². The Bertz CT molecular complexity index is 6200. The Morgan fingerprint density at radius 2 is 0.638 bits per heavy atom. The third kappa shape index (κ3) is 15.0. The Balaban J connectivity index is 0.000000204. The number of aliphatic imine (C=N–C) groups is 3. The lowest BCUT2D eigenvalue weighted by molar-refractivity contribution is 0.112. The molecular weight excluding hydrogens is 1420 g/mol. The second-order valence-corrected chi connectivity index (χ2v) is 29.9. The van der Waals surface area contributed by atoms with Crippen LogP contribution in [0.25, 0.3) is 108 Å². The van der Waals surface area contributed by atoms with Gasteiger partial charge in [-0.25, -0.2) is 9.97 Å². The number of carbonyl (C=O) groups excluding carboxylic acids is 1. The maximum absolute atomic E-state index is 10.7. The van der Waals surface area contributed by atoms with E-state index in [2.05, 4.69) is 284 Å². The SMILES string of the molecule is C.Cc1cc(C)c(-c2c3nc(c(-c4ccc(/C(=C5\C=CC=N5)c5ccc[nH]5)cc4)c4ccc([nH]4)c(-c4c(C)cc(C)cc4C)c4nc(c(-c5ccc(/C(=C6\C=CC=N6)c6ccc[nH]6)cc5)c5ccc2[nH]5)C=C4)C=C3)c(C)c1.Cc1cc(C)c(C(c2ccc[nH]2)c2ccc[nH]2)c(C)c1.O=Cc1ccc(/C(=C2\C=CC=N2)c2ccc[nH]2)cc1. The molecular formula is C103H90N12O. The molecule has 6 aromatic carbocycles. The van der Waals surface area contributed by atoms with Crippen LogP contribution < -0.4 is 0 Å². The van der Waals surface area contributed by atoms with Crippen LogP contribution in [0, 0.1) is 62.3 Å². The molecule has 0 aliphatic carbocycles. The van der Waals surface area contributed by atoms with Crippen LogP contribution in [0.2, 0.25) is 0 Å². The Morgan fingerprint density at radius 3 is 0.940 bits per heavy atom. The molecule has 19 rings (SSSR count). The number of aromatic amines is 7. The summed E-state index contributed by atoms with van der Waals surface area (Å²) in [4.78, 5) is 60.7. The standard InChI is InChI=1S/C68H54N8.C18H20N2.C16H12N2O.CH4/c1-39-35-41(3)61(42(4)36-39)67-57-27-23-53(73-57)65(47-19-15-45(16-20-47)63(49-11-7-31-69-49)50-12-8-32-70-50)55-25-29-59(75-55)68(62-43(5)37-40(2)38-44(62)6)60-30-26-56(76-60)66(54-24-28-58(67)74-54)48-21-17-46(18-22-48)64(51-13-9-33-71-51)52-14-10-34-72-52;1-12-10-13(2)17(14(3)11-12)18(15-6-4-8-19-15)16-7-5-9-20-16;19-11-12-5-7-13(8-6-12)16(14-3-1-9-17-14)15-4-2-10-18-15;/h7-38,69,71,73,76H,1-6H3;4-11,18-20H,1-3H3;1-11,17H;1H4/b63-50-,64-52-,65-53?,65-55?,66-54?,66-56?,67-57?,67-58?,68-59?,68-60?;;16-15-;. The highest BCUT2D eigenvalue weighted by molar-refractivity contribution is 6.02. The topological polar surface area (TPSA) is 190 Å². The summed E-state index contributed by atoms with van der Waals surface area (Å²) < 4.78 is 0. The first kappa shape index (κ1) is 75.5. The molecule has 0 unspecified atom stereocenters. The second kappa shape index (κ2) is 32.6. The van der Waals surface area contributed by atoms with E-state index in [0.29, 0.717) is 5.56 Å². The molecule has 5 aliphatic rings. The maximum Gasteiger partial charge on any atom is 0.150 e. The lowest BCUT2D eigenvalue weighted by Crippen LogP contribution is -2.08. The van der Waals surface area contributed by atoms with E-state index in [1.165, 1.54) is 67.0 Å². The Hall–Kier alpha value is -14.6. The van der Waals surface area contributed by atoms with Crippen molar-refractivity contribution in [3.05, 3.63) is 408 Å². The second-order valence-electron chi connectivity index (χ2n) is 29.9. The molecule has 14 aromatic rings. The van der Waals surface area contributed by atoms with E-state index < -0.39 is 0 Å². The molecule has 0 atom stereocenters. The molecule has 0 fully saturated rings. The predicted molar refractivity (Wildman–Crippen MR) is 484 cm³/mol. The summed E-state index contributed by atoms with van der Waals surface area (Å²) in [6.07, 6.45) is 36.8. The van der Waals surface area contributed by atoms with Crippen LogP contribution in [-0.4, -0.2) is 69.8 Å². The fraction of sp³-hybridized carbons (Fsp3) is 0.107. The van der Waals surface area contributed by atoms with Gasteiger partial charge in [-0.3, -0.25) is 19.8 Å². The van der Waals surface area contributed by atoms with E-state index in [4.69, 9.17) is 20.0 Å². The predicted octanol–water partition coefficient (Wildman–Crippen LogP) is 24.9. The van der Waals surface area contributed by atoms with Gasteiger partial charge in [-0.15, -0.1) is 0 Å². The van der Waals surface area contributed by atoms with Gasteiger partial charge in [0.2, 0.25) is 0 Å². The molecule has 8 aromatic heterocycles. The van der Waals surface area contributed by atoms with Crippen molar-refractivity contribution in [3.8, 4) is 44.5 Å². The highest BCUT2D eigenvalue weighted by atomic mass is 16.1. The van der Waals surface area contributed by atoms with E-state index in [0.717, 1.165) is 163 Å². The first-order chi connectivity index (χ1) is 56.2. The minimum atomic E-state index is 0. The highest BCUT2D eigenvalue weighted by Gasteiger charge is 2.26. The van der Waals surface area contributed by atoms with Crippen LogP contribution in [0.5, 0.6) is 0 Å². The summed E-state index contributed by atoms with van der Waals surface area (Å²) >= 11 is 0. The fourth-order valence-electron chi connectivity index (χ4n) is 17.1. The van der Waals surface area contributed by atoms with Gasteiger partial charge in [0.05, 0.1) is 45.8 Å². The molecule has 13 heterocycles. The van der Waals surface area contributed by atoms with Gasteiger partial charge in [-0.05, 0) is 286 Å². The molecule has 0 radical (unpaired) electrons. The van der Waals surface area contributed by atoms with Gasteiger partial charge >= 0.3 is 0 Å². The summed E-state index contributed by atoms with van der Waals surface area (Å²) in [5, 5.41) is 0. The summed E-state index contributed by atoms with van der Waals surface area (Å²) in [5.41, 5.74) is 43.5. The van der Waals surface area contributed by atoms with Crippen molar-refractivity contribution < 1.29 is 4.79 Å². The first-order valence-corrected chi connectivity index (χ1v) is 38.9.